The second kappa shape index (κ2) is 3.79. The Labute approximate surface area is 82.1 Å². The van der Waals surface area contributed by atoms with Gasteiger partial charge < -0.3 is 4.74 Å². The number of hydrogen-bond acceptors (Lipinski definition) is 3. The number of aromatic nitrogens is 1. The van der Waals surface area contributed by atoms with Crippen molar-refractivity contribution in [1.82, 2.24) is 4.98 Å². The number of halogens is 2. The van der Waals surface area contributed by atoms with Crippen molar-refractivity contribution < 1.29 is 13.9 Å². The van der Waals surface area contributed by atoms with Gasteiger partial charge >= 0.3 is 5.97 Å². The maximum absolute atomic E-state index is 12.9. The van der Waals surface area contributed by atoms with E-state index in [-0.39, 0.29) is 5.56 Å². The molecule has 0 radical (unpaired) electrons. The van der Waals surface area contributed by atoms with Gasteiger partial charge in [0.1, 0.15) is 15.1 Å². The molecule has 0 unspecified atom stereocenters. The number of hydrogen-bond donors (Lipinski definition) is 0. The summed E-state index contributed by atoms with van der Waals surface area (Å²) in [4.78, 5) is 14.7. The van der Waals surface area contributed by atoms with Gasteiger partial charge in [0, 0.05) is 6.20 Å². The quantitative estimate of drug-likeness (QED) is 0.446. The molecule has 0 spiro atoms. The van der Waals surface area contributed by atoms with Gasteiger partial charge in [-0.05, 0) is 28.7 Å². The van der Waals surface area contributed by atoms with Gasteiger partial charge in [-0.15, -0.1) is 0 Å². The predicted molar refractivity (Wildman–Crippen MR) is 48.3 cm³/mol. The molecule has 0 aliphatic carbocycles. The van der Waals surface area contributed by atoms with Crippen LogP contribution in [0.15, 0.2) is 12.3 Å². The van der Waals surface area contributed by atoms with Gasteiger partial charge in [0.25, 0.3) is 0 Å². The second-order valence-electron chi connectivity index (χ2n) is 1.95. The van der Waals surface area contributed by atoms with Crippen LogP contribution in [0, 0.1) is 9.52 Å². The molecular formula is C7H5FINO2. The smallest absolute Gasteiger partial charge is 0.343 e. The lowest BCUT2D eigenvalue weighted by molar-refractivity contribution is 0.0593. The van der Waals surface area contributed by atoms with Crippen LogP contribution in [0.2, 0.25) is 0 Å². The molecule has 5 heteroatoms. The number of esters is 1. The Morgan fingerprint density at radius 1 is 1.75 bits per heavy atom. The standard InChI is InChI=1S/C7H5FINO2/c1-12-7(11)5-4(8)2-3-10-6(5)9/h2-3H,1H3. The SMILES string of the molecule is COC(=O)c1c(F)ccnc1I. The Morgan fingerprint density at radius 2 is 2.42 bits per heavy atom. The van der Waals surface area contributed by atoms with Crippen LogP contribution in [0.3, 0.4) is 0 Å². The van der Waals surface area contributed by atoms with E-state index >= 15 is 0 Å². The van der Waals surface area contributed by atoms with Crippen LogP contribution in [-0.4, -0.2) is 18.1 Å². The maximum Gasteiger partial charge on any atom is 0.343 e. The number of carbonyl (C=O) groups is 1. The van der Waals surface area contributed by atoms with Crippen LogP contribution in [-0.2, 0) is 4.74 Å². The Balaban J connectivity index is 3.21. The molecule has 1 aromatic rings. The molecule has 1 aromatic heterocycles. The van der Waals surface area contributed by atoms with Gasteiger partial charge in [0.15, 0.2) is 0 Å². The minimum Gasteiger partial charge on any atom is -0.465 e. The minimum absolute atomic E-state index is 0.111. The third-order valence-corrected chi connectivity index (χ3v) is 2.06. The number of ether oxygens (including phenoxy) is 1. The van der Waals surface area contributed by atoms with Gasteiger partial charge in [0.05, 0.1) is 7.11 Å². The molecule has 0 aliphatic heterocycles. The number of methoxy groups -OCH3 is 1. The highest BCUT2D eigenvalue weighted by Gasteiger charge is 2.16. The first-order chi connectivity index (χ1) is 5.66. The van der Waals surface area contributed by atoms with Crippen LogP contribution in [0.5, 0.6) is 0 Å². The zero-order valence-corrected chi connectivity index (χ0v) is 8.33. The van der Waals surface area contributed by atoms with E-state index in [0.717, 1.165) is 6.07 Å². The summed E-state index contributed by atoms with van der Waals surface area (Å²) < 4.78 is 17.6. The van der Waals surface area contributed by atoms with Gasteiger partial charge in [-0.2, -0.15) is 0 Å². The minimum atomic E-state index is -0.704. The topological polar surface area (TPSA) is 39.2 Å². The van der Waals surface area contributed by atoms with Gasteiger partial charge in [-0.3, -0.25) is 0 Å². The molecule has 0 saturated heterocycles. The van der Waals surface area contributed by atoms with E-state index in [2.05, 4.69) is 9.72 Å². The molecule has 1 rings (SSSR count). The van der Waals surface area contributed by atoms with E-state index in [4.69, 9.17) is 0 Å². The zero-order chi connectivity index (χ0) is 9.14. The van der Waals surface area contributed by atoms with Crippen molar-refractivity contribution in [2.45, 2.75) is 0 Å². The maximum atomic E-state index is 12.9. The number of nitrogens with zero attached hydrogens (tertiary/aromatic N) is 1. The fourth-order valence-corrected chi connectivity index (χ4v) is 1.34. The first-order valence-electron chi connectivity index (χ1n) is 3.05. The molecule has 0 atom stereocenters. The van der Waals surface area contributed by atoms with Crippen LogP contribution in [0.4, 0.5) is 4.39 Å². The number of carbonyl (C=O) groups excluding carboxylic acids is 1. The second-order valence-corrected chi connectivity index (χ2v) is 2.97. The fourth-order valence-electron chi connectivity index (χ4n) is 0.698. The average Bonchev–Trinajstić information content (AvgIpc) is 2.03. The molecule has 0 saturated carbocycles. The van der Waals surface area contributed by atoms with Crippen LogP contribution < -0.4 is 0 Å². The highest BCUT2D eigenvalue weighted by atomic mass is 127. The Morgan fingerprint density at radius 3 is 2.92 bits per heavy atom. The average molecular weight is 281 g/mol. The molecule has 0 N–H and O–H groups in total. The molecule has 0 bridgehead atoms. The number of pyridine rings is 1. The van der Waals surface area contributed by atoms with Gasteiger partial charge in [0.2, 0.25) is 0 Å². The van der Waals surface area contributed by atoms with Crippen molar-refractivity contribution in [3.05, 3.63) is 27.3 Å². The van der Waals surface area contributed by atoms with Crippen LogP contribution in [0.25, 0.3) is 0 Å². The summed E-state index contributed by atoms with van der Waals surface area (Å²) in [5.74, 6) is -1.31. The molecule has 3 nitrogen and oxygen atoms in total. The predicted octanol–water partition coefficient (Wildman–Crippen LogP) is 1.61. The molecular weight excluding hydrogens is 276 g/mol. The summed E-state index contributed by atoms with van der Waals surface area (Å²) >= 11 is 1.77. The lowest BCUT2D eigenvalue weighted by Gasteiger charge is -2.01. The lowest BCUT2D eigenvalue weighted by Crippen LogP contribution is -2.08. The lowest BCUT2D eigenvalue weighted by atomic mass is 10.3. The summed E-state index contributed by atoms with van der Waals surface area (Å²) in [6, 6.07) is 1.12. The van der Waals surface area contributed by atoms with E-state index in [9.17, 15) is 9.18 Å². The van der Waals surface area contributed by atoms with Crippen molar-refractivity contribution in [1.29, 1.82) is 0 Å². The Bertz CT molecular complexity index is 296. The molecule has 0 aromatic carbocycles. The highest BCUT2D eigenvalue weighted by molar-refractivity contribution is 14.1. The van der Waals surface area contributed by atoms with Gasteiger partial charge in [-0.25, -0.2) is 14.2 Å². The van der Waals surface area contributed by atoms with E-state index in [1.54, 1.807) is 22.6 Å². The molecule has 0 amide bonds. The normalized spacial score (nSPS) is 9.58. The third-order valence-electron chi connectivity index (χ3n) is 1.24. The van der Waals surface area contributed by atoms with E-state index < -0.39 is 11.8 Å². The third kappa shape index (κ3) is 1.71. The Kier molecular flexibility index (Phi) is 2.96. The van der Waals surface area contributed by atoms with E-state index in [1.807, 2.05) is 0 Å². The van der Waals surface area contributed by atoms with E-state index in [1.165, 1.54) is 13.3 Å². The Hall–Kier alpha value is -0.720. The fraction of sp³-hybridized carbons (Fsp3) is 0.143. The van der Waals surface area contributed by atoms with Crippen molar-refractivity contribution in [3.8, 4) is 0 Å². The first kappa shape index (κ1) is 9.37. The first-order valence-corrected chi connectivity index (χ1v) is 4.13. The summed E-state index contributed by atoms with van der Waals surface area (Å²) in [6.07, 6.45) is 1.30. The van der Waals surface area contributed by atoms with Crippen LogP contribution >= 0.6 is 22.6 Å². The van der Waals surface area contributed by atoms with Crippen LogP contribution in [0.1, 0.15) is 10.4 Å². The van der Waals surface area contributed by atoms with Crippen molar-refractivity contribution in [3.63, 3.8) is 0 Å². The van der Waals surface area contributed by atoms with Gasteiger partial charge in [-0.1, -0.05) is 0 Å². The van der Waals surface area contributed by atoms with Crippen molar-refractivity contribution in [2.75, 3.05) is 7.11 Å². The summed E-state index contributed by atoms with van der Waals surface area (Å²) in [5, 5.41) is 0. The highest BCUT2D eigenvalue weighted by Crippen LogP contribution is 2.13. The zero-order valence-electron chi connectivity index (χ0n) is 6.17. The molecule has 0 aliphatic rings. The largest absolute Gasteiger partial charge is 0.465 e. The molecule has 64 valence electrons. The van der Waals surface area contributed by atoms with Crippen molar-refractivity contribution >= 4 is 28.6 Å². The number of rotatable bonds is 1. The summed E-state index contributed by atoms with van der Waals surface area (Å²) in [6.45, 7) is 0. The molecule has 1 heterocycles. The van der Waals surface area contributed by atoms with Crippen molar-refractivity contribution in [2.24, 2.45) is 0 Å². The monoisotopic (exact) mass is 281 g/mol. The molecule has 0 fully saturated rings. The summed E-state index contributed by atoms with van der Waals surface area (Å²) in [5.41, 5.74) is -0.111. The molecule has 12 heavy (non-hydrogen) atoms. The summed E-state index contributed by atoms with van der Waals surface area (Å²) in [7, 11) is 1.20. The van der Waals surface area contributed by atoms with E-state index in [0.29, 0.717) is 3.70 Å².